The number of carbonyl (C=O) groups is 4. The molecule has 0 aromatic heterocycles. The quantitative estimate of drug-likeness (QED) is 0.705. The number of anilines is 1. The van der Waals surface area contributed by atoms with Gasteiger partial charge in [-0.25, -0.2) is 9.69 Å². The van der Waals surface area contributed by atoms with Gasteiger partial charge in [-0.15, -0.1) is 11.8 Å². The summed E-state index contributed by atoms with van der Waals surface area (Å²) >= 11 is 1.07. The first kappa shape index (κ1) is 19.0. The largest absolute Gasteiger partial charge is 0.480 e. The van der Waals surface area contributed by atoms with Crippen molar-refractivity contribution in [2.75, 3.05) is 10.7 Å². The van der Waals surface area contributed by atoms with E-state index in [0.717, 1.165) is 28.6 Å². The molecule has 1 aliphatic heterocycles. The Hall–Kier alpha value is -2.35. The minimum atomic E-state index is -1.17. The molecule has 0 spiro atoms. The van der Waals surface area contributed by atoms with Crippen LogP contribution in [0.15, 0.2) is 24.3 Å². The second-order valence-electron chi connectivity index (χ2n) is 5.70. The van der Waals surface area contributed by atoms with Crippen LogP contribution in [0.4, 0.5) is 5.69 Å². The Morgan fingerprint density at radius 3 is 2.48 bits per heavy atom. The maximum atomic E-state index is 12.5. The van der Waals surface area contributed by atoms with Gasteiger partial charge in [-0.05, 0) is 24.1 Å². The second kappa shape index (κ2) is 8.15. The van der Waals surface area contributed by atoms with E-state index >= 15 is 0 Å². The maximum absolute atomic E-state index is 12.5. The number of imide groups is 1. The van der Waals surface area contributed by atoms with E-state index in [4.69, 9.17) is 5.11 Å². The highest BCUT2D eigenvalue weighted by atomic mass is 32.2. The van der Waals surface area contributed by atoms with Crippen molar-refractivity contribution in [1.29, 1.82) is 0 Å². The van der Waals surface area contributed by atoms with Crippen molar-refractivity contribution in [2.45, 2.75) is 38.0 Å². The topological polar surface area (TPSA) is 104 Å². The summed E-state index contributed by atoms with van der Waals surface area (Å²) in [4.78, 5) is 48.1. The van der Waals surface area contributed by atoms with Gasteiger partial charge in [0, 0.05) is 19.1 Å². The van der Waals surface area contributed by atoms with Gasteiger partial charge in [-0.1, -0.05) is 19.1 Å². The Kier molecular flexibility index (Phi) is 6.19. The van der Waals surface area contributed by atoms with E-state index in [0.29, 0.717) is 5.69 Å². The van der Waals surface area contributed by atoms with E-state index in [1.54, 1.807) is 12.1 Å². The van der Waals surface area contributed by atoms with Crippen LogP contribution < -0.4 is 10.2 Å². The van der Waals surface area contributed by atoms with Crippen molar-refractivity contribution >= 4 is 41.1 Å². The third-order valence-electron chi connectivity index (χ3n) is 3.85. The molecule has 8 heteroatoms. The summed E-state index contributed by atoms with van der Waals surface area (Å²) in [5.41, 5.74) is 1.63. The summed E-state index contributed by atoms with van der Waals surface area (Å²) in [6.45, 7) is 3.24. The van der Waals surface area contributed by atoms with E-state index in [2.05, 4.69) is 5.32 Å². The Bertz CT molecular complexity index is 689. The predicted octanol–water partition coefficient (Wildman–Crippen LogP) is 1.20. The van der Waals surface area contributed by atoms with Crippen LogP contribution in [0.2, 0.25) is 0 Å². The third kappa shape index (κ3) is 4.60. The number of benzene rings is 1. The predicted molar refractivity (Wildman–Crippen MR) is 94.4 cm³/mol. The van der Waals surface area contributed by atoms with Crippen LogP contribution in [0.5, 0.6) is 0 Å². The molecule has 1 aliphatic rings. The first-order valence-electron chi connectivity index (χ1n) is 7.90. The lowest BCUT2D eigenvalue weighted by atomic mass is 10.1. The molecule has 0 radical (unpaired) electrons. The lowest BCUT2D eigenvalue weighted by Crippen LogP contribution is -2.42. The Morgan fingerprint density at radius 1 is 1.32 bits per heavy atom. The lowest BCUT2D eigenvalue weighted by Gasteiger charge is -2.17. The molecule has 3 amide bonds. The smallest absolute Gasteiger partial charge is 0.327 e. The van der Waals surface area contributed by atoms with Crippen LogP contribution >= 0.6 is 11.8 Å². The zero-order chi connectivity index (χ0) is 18.6. The summed E-state index contributed by atoms with van der Waals surface area (Å²) in [6.07, 6.45) is 0.881. The average molecular weight is 364 g/mol. The van der Waals surface area contributed by atoms with Crippen LogP contribution in [0.25, 0.3) is 0 Å². The number of rotatable bonds is 7. The van der Waals surface area contributed by atoms with Gasteiger partial charge in [0.15, 0.2) is 0 Å². The van der Waals surface area contributed by atoms with Gasteiger partial charge in [0.05, 0.1) is 10.9 Å². The minimum Gasteiger partial charge on any atom is -0.480 e. The fourth-order valence-corrected chi connectivity index (χ4v) is 3.68. The number of thioether (sulfide) groups is 1. The number of aliphatic carboxylic acids is 1. The summed E-state index contributed by atoms with van der Waals surface area (Å²) in [6, 6.07) is 6.11. The number of amides is 3. The molecule has 1 heterocycles. The molecule has 1 aromatic rings. The van der Waals surface area contributed by atoms with Crippen molar-refractivity contribution in [1.82, 2.24) is 5.32 Å². The van der Waals surface area contributed by atoms with Gasteiger partial charge in [0.1, 0.15) is 6.04 Å². The molecule has 1 fully saturated rings. The lowest BCUT2D eigenvalue weighted by molar-refractivity contribution is -0.140. The second-order valence-corrected chi connectivity index (χ2v) is 6.94. The fraction of sp³-hybridized carbons (Fsp3) is 0.412. The van der Waals surface area contributed by atoms with Crippen molar-refractivity contribution in [2.24, 2.45) is 0 Å². The van der Waals surface area contributed by atoms with Crippen molar-refractivity contribution in [3.63, 3.8) is 0 Å². The van der Waals surface area contributed by atoms with Gasteiger partial charge in [0.2, 0.25) is 17.7 Å². The van der Waals surface area contributed by atoms with Gasteiger partial charge < -0.3 is 10.4 Å². The molecule has 2 atom stereocenters. The maximum Gasteiger partial charge on any atom is 0.327 e. The van der Waals surface area contributed by atoms with E-state index in [9.17, 15) is 19.2 Å². The number of hydrogen-bond donors (Lipinski definition) is 2. The highest BCUT2D eigenvalue weighted by Gasteiger charge is 2.40. The third-order valence-corrected chi connectivity index (χ3v) is 5.14. The molecular weight excluding hydrogens is 344 g/mol. The Labute approximate surface area is 149 Å². The molecule has 1 aromatic carbocycles. The molecule has 25 heavy (non-hydrogen) atoms. The number of carboxylic acids is 1. The van der Waals surface area contributed by atoms with Crippen molar-refractivity contribution < 1.29 is 24.3 Å². The van der Waals surface area contributed by atoms with E-state index in [1.807, 2.05) is 19.1 Å². The first-order valence-corrected chi connectivity index (χ1v) is 8.95. The number of hydrogen-bond acceptors (Lipinski definition) is 5. The fourth-order valence-electron chi connectivity index (χ4n) is 2.52. The molecule has 7 nitrogen and oxygen atoms in total. The molecule has 0 saturated carbocycles. The summed E-state index contributed by atoms with van der Waals surface area (Å²) < 4.78 is 0. The molecule has 0 bridgehead atoms. The molecule has 1 saturated heterocycles. The zero-order valence-corrected chi connectivity index (χ0v) is 14.8. The van der Waals surface area contributed by atoms with E-state index < -0.39 is 23.2 Å². The molecular formula is C17H20N2O5S. The normalized spacial score (nSPS) is 18.3. The van der Waals surface area contributed by atoms with Crippen LogP contribution in [0.1, 0.15) is 25.8 Å². The number of carbonyl (C=O) groups excluding carboxylic acids is 3. The highest BCUT2D eigenvalue weighted by Crippen LogP contribution is 2.30. The molecule has 0 aliphatic carbocycles. The minimum absolute atomic E-state index is 0.0151. The zero-order valence-electron chi connectivity index (χ0n) is 14.0. The van der Waals surface area contributed by atoms with Crippen LogP contribution in [-0.4, -0.2) is 45.8 Å². The average Bonchev–Trinajstić information content (AvgIpc) is 2.85. The van der Waals surface area contributed by atoms with E-state index in [-0.39, 0.29) is 24.0 Å². The van der Waals surface area contributed by atoms with Crippen LogP contribution in [0, 0.1) is 0 Å². The van der Waals surface area contributed by atoms with Gasteiger partial charge >= 0.3 is 5.97 Å². The molecule has 0 unspecified atom stereocenters. The summed E-state index contributed by atoms with van der Waals surface area (Å²) in [5.74, 6) is -2.28. The van der Waals surface area contributed by atoms with Crippen molar-refractivity contribution in [3.8, 4) is 0 Å². The monoisotopic (exact) mass is 364 g/mol. The van der Waals surface area contributed by atoms with Gasteiger partial charge in [-0.2, -0.15) is 0 Å². The highest BCUT2D eigenvalue weighted by molar-refractivity contribution is 8.00. The van der Waals surface area contributed by atoms with E-state index in [1.165, 1.54) is 6.92 Å². The summed E-state index contributed by atoms with van der Waals surface area (Å²) in [7, 11) is 0. The summed E-state index contributed by atoms with van der Waals surface area (Å²) in [5, 5.41) is 10.8. The number of nitrogens with one attached hydrogen (secondary N) is 1. The van der Waals surface area contributed by atoms with Gasteiger partial charge in [0.25, 0.3) is 0 Å². The Morgan fingerprint density at radius 2 is 1.96 bits per heavy atom. The number of carboxylic acid groups (broad SMARTS) is 1. The number of aryl methyl sites for hydroxylation is 1. The molecule has 2 rings (SSSR count). The molecule has 134 valence electrons. The number of nitrogens with zero attached hydrogens (tertiary/aromatic N) is 1. The SMILES string of the molecule is CCc1ccc(N2C(=O)C[C@@H](SC[C@@H](NC(C)=O)C(=O)O)C2=O)cc1. The Balaban J connectivity index is 2.04. The first-order chi connectivity index (χ1) is 11.8. The van der Waals surface area contributed by atoms with Crippen LogP contribution in [0.3, 0.4) is 0 Å². The van der Waals surface area contributed by atoms with Crippen LogP contribution in [-0.2, 0) is 25.6 Å². The standard InChI is InChI=1S/C17H20N2O5S/c1-3-11-4-6-12(7-5-11)19-15(21)8-14(16(19)22)25-9-13(17(23)24)18-10(2)20/h4-7,13-14H,3,8-9H2,1-2H3,(H,18,20)(H,23,24)/t13-,14-/m1/s1. The van der Waals surface area contributed by atoms with Gasteiger partial charge in [-0.3, -0.25) is 14.4 Å². The molecule has 2 N–H and O–H groups in total. The van der Waals surface area contributed by atoms with Crippen molar-refractivity contribution in [3.05, 3.63) is 29.8 Å².